The summed E-state index contributed by atoms with van der Waals surface area (Å²) in [6.45, 7) is 3.54. The molecule has 1 spiro atoms. The molecule has 2 aromatic rings. The lowest BCUT2D eigenvalue weighted by Gasteiger charge is -2.60. The highest BCUT2D eigenvalue weighted by molar-refractivity contribution is 5.99. The minimum atomic E-state index is -0.329. The molecule has 5 aliphatic heterocycles. The Balaban J connectivity index is 0.00000220. The first kappa shape index (κ1) is 22.6. The quantitative estimate of drug-likeness (QED) is 0.245. The molecule has 0 radical (unpaired) electrons. The van der Waals surface area contributed by atoms with Crippen molar-refractivity contribution in [3.63, 3.8) is 0 Å². The van der Waals surface area contributed by atoms with Crippen molar-refractivity contribution in [2.24, 2.45) is 11.8 Å². The second-order valence-electron chi connectivity index (χ2n) is 11.5. The molecule has 186 valence electrons. The third-order valence-corrected chi connectivity index (χ3v) is 10.4. The van der Waals surface area contributed by atoms with Crippen LogP contribution in [0, 0.1) is 22.0 Å². The number of hydrogen-bond donors (Lipinski definition) is 0. The molecule has 4 unspecified atom stereocenters. The number of hydrogen-bond acceptors (Lipinski definition) is 4. The third kappa shape index (κ3) is 2.62. The maximum atomic E-state index is 13.6. The van der Waals surface area contributed by atoms with Crippen molar-refractivity contribution in [1.29, 1.82) is 0 Å². The number of nitro groups is 1. The molecule has 2 bridgehead atoms. The Labute approximate surface area is 220 Å². The maximum absolute atomic E-state index is 13.6. The van der Waals surface area contributed by atoms with Gasteiger partial charge in [0, 0.05) is 42.1 Å². The smallest absolute Gasteiger partial charge is 0.269 e. The van der Waals surface area contributed by atoms with Gasteiger partial charge in [-0.05, 0) is 35.3 Å². The lowest BCUT2D eigenvalue weighted by molar-refractivity contribution is -0.955. The van der Waals surface area contributed by atoms with Crippen molar-refractivity contribution in [3.05, 3.63) is 81.4 Å². The van der Waals surface area contributed by atoms with Gasteiger partial charge in [0.05, 0.1) is 42.1 Å². The fourth-order valence-corrected chi connectivity index (χ4v) is 9.29. The molecule has 1 aliphatic carbocycles. The Morgan fingerprint density at radius 3 is 2.78 bits per heavy atom. The molecule has 6 aliphatic rings. The van der Waals surface area contributed by atoms with Crippen molar-refractivity contribution in [2.45, 2.75) is 49.4 Å². The van der Waals surface area contributed by atoms with Gasteiger partial charge in [0.15, 0.2) is 0 Å². The van der Waals surface area contributed by atoms with Crippen LogP contribution >= 0.6 is 0 Å². The standard InChI is InChI=1S/C28H28N3O4.BrH/c32-25-14-23-26-20-13-24-28(21-3-1-2-4-22(21)29(25)27(26)28)10-11-31(24,16-18(20)9-12-35-23)15-17-5-7-19(8-6-17)30(33)34;/h1-9,20,23-24,26-27H,10-16H2;1H/q+1;/p-1/t20-,23-,24?,26?,27?,28+,31?;/m0./s1. The van der Waals surface area contributed by atoms with Crippen LogP contribution in [0.4, 0.5) is 11.4 Å². The van der Waals surface area contributed by atoms with Crippen molar-refractivity contribution in [3.8, 4) is 0 Å². The van der Waals surface area contributed by atoms with Gasteiger partial charge in [0.25, 0.3) is 5.69 Å². The summed E-state index contributed by atoms with van der Waals surface area (Å²) >= 11 is 0. The van der Waals surface area contributed by atoms with Crippen molar-refractivity contribution in [1.82, 2.24) is 0 Å². The van der Waals surface area contributed by atoms with Crippen LogP contribution in [0.1, 0.15) is 30.4 Å². The lowest BCUT2D eigenvalue weighted by Crippen LogP contribution is -3.00. The number of rotatable bonds is 3. The summed E-state index contributed by atoms with van der Waals surface area (Å²) in [5.74, 6) is 1.03. The van der Waals surface area contributed by atoms with Gasteiger partial charge in [-0.3, -0.25) is 14.9 Å². The van der Waals surface area contributed by atoms with E-state index in [1.54, 1.807) is 12.1 Å². The van der Waals surface area contributed by atoms with E-state index in [2.05, 4.69) is 35.2 Å². The second kappa shape index (κ2) is 7.49. The summed E-state index contributed by atoms with van der Waals surface area (Å²) in [6, 6.07) is 16.4. The summed E-state index contributed by atoms with van der Waals surface area (Å²) in [7, 11) is 0. The molecule has 4 fully saturated rings. The first-order chi connectivity index (χ1) is 17.0. The second-order valence-corrected chi connectivity index (χ2v) is 11.5. The number of para-hydroxylation sites is 1. The first-order valence-corrected chi connectivity index (χ1v) is 12.8. The number of ether oxygens (including phenoxy) is 1. The van der Waals surface area contributed by atoms with E-state index < -0.39 is 0 Å². The molecule has 8 rings (SSSR count). The van der Waals surface area contributed by atoms with Crippen LogP contribution in [0.2, 0.25) is 0 Å². The Morgan fingerprint density at radius 2 is 1.97 bits per heavy atom. The summed E-state index contributed by atoms with van der Waals surface area (Å²) in [4.78, 5) is 26.6. The highest BCUT2D eigenvalue weighted by Crippen LogP contribution is 2.67. The molecule has 1 amide bonds. The van der Waals surface area contributed by atoms with Crippen LogP contribution in [0.5, 0.6) is 0 Å². The van der Waals surface area contributed by atoms with E-state index in [1.807, 2.05) is 12.1 Å². The van der Waals surface area contributed by atoms with Crippen molar-refractivity contribution >= 4 is 17.3 Å². The minimum absolute atomic E-state index is 0. The number of anilines is 1. The molecule has 36 heavy (non-hydrogen) atoms. The average molecular weight is 550 g/mol. The number of piperidine rings is 2. The van der Waals surface area contributed by atoms with Crippen LogP contribution in [-0.2, 0) is 21.5 Å². The Hall–Kier alpha value is -2.55. The molecule has 5 heterocycles. The monoisotopic (exact) mass is 549 g/mol. The number of amides is 1. The molecule has 7 nitrogen and oxygen atoms in total. The summed E-state index contributed by atoms with van der Waals surface area (Å²) < 4.78 is 7.36. The van der Waals surface area contributed by atoms with Gasteiger partial charge in [0.1, 0.15) is 19.1 Å². The largest absolute Gasteiger partial charge is 1.00 e. The summed E-state index contributed by atoms with van der Waals surface area (Å²) in [5.41, 5.74) is 5.24. The third-order valence-electron chi connectivity index (χ3n) is 10.4. The van der Waals surface area contributed by atoms with E-state index in [0.717, 1.165) is 48.2 Å². The predicted molar refractivity (Wildman–Crippen MR) is 129 cm³/mol. The SMILES string of the molecule is O=C1C[C@@H]2OCC=C3C[N+]4(Cc5ccc([N+](=O)[O-])cc5)CC[C@]56c7ccccc7N1C5C2[C@H]3CC64.[Br-]. The number of non-ortho nitro benzene ring substituents is 1. The maximum Gasteiger partial charge on any atom is 0.269 e. The number of nitro benzene ring substituents is 1. The number of halogens is 1. The van der Waals surface area contributed by atoms with Crippen molar-refractivity contribution < 1.29 is 35.9 Å². The highest BCUT2D eigenvalue weighted by atomic mass is 79.9. The van der Waals surface area contributed by atoms with Crippen LogP contribution in [0.15, 0.2) is 60.2 Å². The fourth-order valence-electron chi connectivity index (χ4n) is 9.29. The molecule has 3 saturated heterocycles. The van der Waals surface area contributed by atoms with Gasteiger partial charge in [0.2, 0.25) is 5.91 Å². The number of nitrogens with zero attached hydrogens (tertiary/aromatic N) is 3. The molecular formula is C28H28BrN3O4. The number of carbonyl (C=O) groups is 1. The topological polar surface area (TPSA) is 72.7 Å². The lowest BCUT2D eigenvalue weighted by atomic mass is 9.53. The number of benzene rings is 2. The van der Waals surface area contributed by atoms with E-state index >= 15 is 0 Å². The molecule has 7 atom stereocenters. The zero-order valence-corrected chi connectivity index (χ0v) is 21.5. The van der Waals surface area contributed by atoms with Gasteiger partial charge in [-0.1, -0.05) is 24.3 Å². The van der Waals surface area contributed by atoms with Crippen LogP contribution < -0.4 is 21.9 Å². The summed E-state index contributed by atoms with van der Waals surface area (Å²) in [6.07, 6.45) is 5.01. The summed E-state index contributed by atoms with van der Waals surface area (Å²) in [5, 5.41) is 11.2. The van der Waals surface area contributed by atoms with Gasteiger partial charge < -0.3 is 31.1 Å². The zero-order valence-electron chi connectivity index (χ0n) is 19.9. The molecule has 0 aromatic heterocycles. The van der Waals surface area contributed by atoms with Gasteiger partial charge in [-0.2, -0.15) is 0 Å². The Morgan fingerprint density at radius 1 is 1.17 bits per heavy atom. The number of carbonyl (C=O) groups excluding carboxylic acids is 1. The Bertz CT molecular complexity index is 1330. The fraction of sp³-hybridized carbons (Fsp3) is 0.464. The van der Waals surface area contributed by atoms with Crippen LogP contribution in [0.3, 0.4) is 0 Å². The van der Waals surface area contributed by atoms with Crippen molar-refractivity contribution in [2.75, 3.05) is 24.6 Å². The molecule has 8 heteroatoms. The van der Waals surface area contributed by atoms with Gasteiger partial charge in [-0.15, -0.1) is 0 Å². The Kier molecular flexibility index (Phi) is 4.71. The molecular weight excluding hydrogens is 522 g/mol. The zero-order chi connectivity index (χ0) is 23.5. The average Bonchev–Trinajstić information content (AvgIpc) is 3.29. The van der Waals surface area contributed by atoms with E-state index in [0.29, 0.717) is 30.9 Å². The van der Waals surface area contributed by atoms with Crippen LogP contribution in [0.25, 0.3) is 0 Å². The van der Waals surface area contributed by atoms with E-state index in [4.69, 9.17) is 4.74 Å². The first-order valence-electron chi connectivity index (χ1n) is 12.8. The molecule has 2 aromatic carbocycles. The molecule has 0 N–H and O–H groups in total. The van der Waals surface area contributed by atoms with Gasteiger partial charge in [-0.25, -0.2) is 0 Å². The minimum Gasteiger partial charge on any atom is -1.00 e. The van der Waals surface area contributed by atoms with E-state index in [-0.39, 0.29) is 51.1 Å². The van der Waals surface area contributed by atoms with E-state index in [1.165, 1.54) is 11.1 Å². The normalized spacial score (nSPS) is 38.6. The van der Waals surface area contributed by atoms with Gasteiger partial charge >= 0.3 is 0 Å². The number of fused-ring (bicyclic) bond motifs is 2. The van der Waals surface area contributed by atoms with E-state index in [9.17, 15) is 14.9 Å². The molecule has 1 saturated carbocycles. The number of quaternary nitrogens is 1. The highest BCUT2D eigenvalue weighted by Gasteiger charge is 2.75. The predicted octanol–water partition coefficient (Wildman–Crippen LogP) is 0.720. The van der Waals surface area contributed by atoms with Crippen LogP contribution in [-0.4, -0.2) is 53.2 Å².